The third-order valence-corrected chi connectivity index (χ3v) is 3.02. The molecule has 0 aliphatic rings. The molecule has 90 valence electrons. The van der Waals surface area contributed by atoms with E-state index in [-0.39, 0.29) is 12.6 Å². The molecule has 0 fully saturated rings. The van der Waals surface area contributed by atoms with Crippen LogP contribution in [0.4, 0.5) is 0 Å². The van der Waals surface area contributed by atoms with Crippen molar-refractivity contribution in [2.75, 3.05) is 6.61 Å². The van der Waals surface area contributed by atoms with Gasteiger partial charge in [-0.1, -0.05) is 30.3 Å². The molecular weight excluding hydrogens is 226 g/mol. The van der Waals surface area contributed by atoms with Gasteiger partial charge in [0, 0.05) is 6.20 Å². The number of rotatable bonds is 3. The van der Waals surface area contributed by atoms with Crippen molar-refractivity contribution in [1.29, 1.82) is 0 Å². The first-order valence-corrected chi connectivity index (χ1v) is 5.84. The maximum absolute atomic E-state index is 9.63. The van der Waals surface area contributed by atoms with Crippen LogP contribution in [0, 0.1) is 0 Å². The van der Waals surface area contributed by atoms with E-state index in [1.54, 1.807) is 12.4 Å². The second-order valence-electron chi connectivity index (χ2n) is 4.11. The summed E-state index contributed by atoms with van der Waals surface area (Å²) in [7, 11) is 0. The lowest BCUT2D eigenvalue weighted by molar-refractivity contribution is 0.244. The van der Waals surface area contributed by atoms with Gasteiger partial charge in [0.2, 0.25) is 0 Å². The van der Waals surface area contributed by atoms with Gasteiger partial charge >= 0.3 is 0 Å². The van der Waals surface area contributed by atoms with Crippen molar-refractivity contribution in [2.45, 2.75) is 6.04 Å². The molecular formula is C14H13N3O. The third-order valence-electron chi connectivity index (χ3n) is 3.02. The molecule has 0 aliphatic heterocycles. The standard InChI is InChI=1S/C14H13N3O/c18-10-14(11-5-2-1-3-6-11)17-13-7-4-8-15-12(13)9-16-17/h1-9,14,18H,10H2. The molecule has 1 unspecified atom stereocenters. The first-order chi connectivity index (χ1) is 8.90. The predicted octanol–water partition coefficient (Wildman–Crippen LogP) is 2.01. The minimum Gasteiger partial charge on any atom is -0.394 e. The molecule has 0 amide bonds. The molecule has 2 aromatic heterocycles. The van der Waals surface area contributed by atoms with Crippen LogP contribution in [0.15, 0.2) is 54.9 Å². The summed E-state index contributed by atoms with van der Waals surface area (Å²) in [4.78, 5) is 4.25. The van der Waals surface area contributed by atoms with E-state index in [0.29, 0.717) is 0 Å². The Kier molecular flexibility index (Phi) is 2.78. The summed E-state index contributed by atoms with van der Waals surface area (Å²) >= 11 is 0. The maximum atomic E-state index is 9.63. The van der Waals surface area contributed by atoms with Gasteiger partial charge in [-0.05, 0) is 17.7 Å². The molecule has 0 radical (unpaired) electrons. The van der Waals surface area contributed by atoms with Crippen LogP contribution in [-0.4, -0.2) is 26.5 Å². The summed E-state index contributed by atoms with van der Waals surface area (Å²) in [6, 6.07) is 13.5. The molecule has 0 saturated carbocycles. The van der Waals surface area contributed by atoms with Crippen LogP contribution in [0.5, 0.6) is 0 Å². The van der Waals surface area contributed by atoms with Crippen molar-refractivity contribution >= 4 is 11.0 Å². The van der Waals surface area contributed by atoms with E-state index >= 15 is 0 Å². The molecule has 4 heteroatoms. The fourth-order valence-corrected chi connectivity index (χ4v) is 2.13. The van der Waals surface area contributed by atoms with Gasteiger partial charge in [-0.15, -0.1) is 0 Å². The fraction of sp³-hybridized carbons (Fsp3) is 0.143. The van der Waals surface area contributed by atoms with Gasteiger partial charge in [-0.2, -0.15) is 5.10 Å². The predicted molar refractivity (Wildman–Crippen MR) is 69.2 cm³/mol. The number of benzene rings is 1. The fourth-order valence-electron chi connectivity index (χ4n) is 2.13. The zero-order valence-corrected chi connectivity index (χ0v) is 9.77. The number of pyridine rings is 1. The van der Waals surface area contributed by atoms with E-state index in [4.69, 9.17) is 0 Å². The lowest BCUT2D eigenvalue weighted by atomic mass is 10.1. The van der Waals surface area contributed by atoms with Crippen LogP contribution < -0.4 is 0 Å². The highest BCUT2D eigenvalue weighted by molar-refractivity contribution is 5.73. The Morgan fingerprint density at radius 3 is 2.72 bits per heavy atom. The number of fused-ring (bicyclic) bond motifs is 1. The Bertz CT molecular complexity index is 648. The molecule has 4 nitrogen and oxygen atoms in total. The van der Waals surface area contributed by atoms with Gasteiger partial charge < -0.3 is 5.11 Å². The van der Waals surface area contributed by atoms with Gasteiger partial charge in [-0.25, -0.2) is 0 Å². The first kappa shape index (κ1) is 10.9. The first-order valence-electron chi connectivity index (χ1n) is 5.84. The minimum absolute atomic E-state index is 0.00961. The van der Waals surface area contributed by atoms with Crippen molar-refractivity contribution < 1.29 is 5.11 Å². The molecule has 1 N–H and O–H groups in total. The van der Waals surface area contributed by atoms with Crippen molar-refractivity contribution in [1.82, 2.24) is 14.8 Å². The van der Waals surface area contributed by atoms with Crippen LogP contribution in [0.25, 0.3) is 11.0 Å². The molecule has 0 aliphatic carbocycles. The van der Waals surface area contributed by atoms with Crippen LogP contribution >= 0.6 is 0 Å². The molecule has 18 heavy (non-hydrogen) atoms. The van der Waals surface area contributed by atoms with E-state index in [9.17, 15) is 5.11 Å². The normalized spacial score (nSPS) is 12.7. The summed E-state index contributed by atoms with van der Waals surface area (Å²) in [6.07, 6.45) is 3.46. The molecule has 0 bridgehead atoms. The van der Waals surface area contributed by atoms with Crippen molar-refractivity contribution in [3.63, 3.8) is 0 Å². The van der Waals surface area contributed by atoms with Gasteiger partial charge in [0.05, 0.1) is 18.3 Å². The minimum atomic E-state index is -0.173. The van der Waals surface area contributed by atoms with E-state index in [2.05, 4.69) is 10.1 Å². The highest BCUT2D eigenvalue weighted by Gasteiger charge is 2.15. The summed E-state index contributed by atoms with van der Waals surface area (Å²) in [5.74, 6) is 0. The van der Waals surface area contributed by atoms with Gasteiger partial charge in [0.1, 0.15) is 11.6 Å². The monoisotopic (exact) mass is 239 g/mol. The SMILES string of the molecule is OCC(c1ccccc1)n1ncc2ncccc21. The molecule has 1 aromatic carbocycles. The summed E-state index contributed by atoms with van der Waals surface area (Å²) < 4.78 is 1.82. The van der Waals surface area contributed by atoms with Crippen molar-refractivity contribution in [2.24, 2.45) is 0 Å². The summed E-state index contributed by atoms with van der Waals surface area (Å²) in [5, 5.41) is 14.0. The van der Waals surface area contributed by atoms with E-state index in [0.717, 1.165) is 16.6 Å². The number of aromatic nitrogens is 3. The van der Waals surface area contributed by atoms with Gasteiger partial charge in [0.15, 0.2) is 0 Å². The van der Waals surface area contributed by atoms with E-state index < -0.39 is 0 Å². The van der Waals surface area contributed by atoms with Crippen molar-refractivity contribution in [3.8, 4) is 0 Å². The van der Waals surface area contributed by atoms with Gasteiger partial charge in [0.25, 0.3) is 0 Å². The quantitative estimate of drug-likeness (QED) is 0.760. The van der Waals surface area contributed by atoms with Crippen LogP contribution in [0.2, 0.25) is 0 Å². The topological polar surface area (TPSA) is 50.9 Å². The Balaban J connectivity index is 2.12. The maximum Gasteiger partial charge on any atom is 0.108 e. The van der Waals surface area contributed by atoms with E-state index in [1.165, 1.54) is 0 Å². The van der Waals surface area contributed by atoms with Crippen LogP contribution in [0.3, 0.4) is 0 Å². The summed E-state index contributed by atoms with van der Waals surface area (Å²) in [5.41, 5.74) is 2.81. The third kappa shape index (κ3) is 1.76. The second-order valence-corrected chi connectivity index (χ2v) is 4.11. The van der Waals surface area contributed by atoms with E-state index in [1.807, 2.05) is 47.1 Å². The lowest BCUT2D eigenvalue weighted by Crippen LogP contribution is -2.15. The molecule has 0 saturated heterocycles. The summed E-state index contributed by atoms with van der Waals surface area (Å²) in [6.45, 7) is 0.00961. The molecule has 3 aromatic rings. The number of aliphatic hydroxyl groups is 1. The molecule has 1 atom stereocenters. The molecule has 3 rings (SSSR count). The van der Waals surface area contributed by atoms with Gasteiger partial charge in [-0.3, -0.25) is 9.67 Å². The molecule has 0 spiro atoms. The molecule has 2 heterocycles. The Hall–Kier alpha value is -2.20. The second kappa shape index (κ2) is 4.58. The number of aliphatic hydroxyl groups excluding tert-OH is 1. The number of nitrogens with zero attached hydrogens (tertiary/aromatic N) is 3. The highest BCUT2D eigenvalue weighted by Crippen LogP contribution is 2.21. The van der Waals surface area contributed by atoms with Crippen molar-refractivity contribution in [3.05, 3.63) is 60.4 Å². The number of hydrogen-bond acceptors (Lipinski definition) is 3. The Morgan fingerprint density at radius 1 is 1.11 bits per heavy atom. The Morgan fingerprint density at radius 2 is 1.94 bits per heavy atom. The Labute approximate surface area is 105 Å². The zero-order chi connectivity index (χ0) is 12.4. The largest absolute Gasteiger partial charge is 0.394 e. The average molecular weight is 239 g/mol. The van der Waals surface area contributed by atoms with Crippen LogP contribution in [-0.2, 0) is 0 Å². The zero-order valence-electron chi connectivity index (χ0n) is 9.77. The smallest absolute Gasteiger partial charge is 0.108 e. The number of hydrogen-bond donors (Lipinski definition) is 1. The lowest BCUT2D eigenvalue weighted by Gasteiger charge is -2.16. The average Bonchev–Trinajstić information content (AvgIpc) is 2.85. The highest BCUT2D eigenvalue weighted by atomic mass is 16.3. The van der Waals surface area contributed by atoms with Crippen LogP contribution in [0.1, 0.15) is 11.6 Å².